The van der Waals surface area contributed by atoms with Crippen LogP contribution in [0.2, 0.25) is 0 Å². The van der Waals surface area contributed by atoms with Gasteiger partial charge in [-0.2, -0.15) is 0 Å². The fourth-order valence-corrected chi connectivity index (χ4v) is 4.24. The van der Waals surface area contributed by atoms with E-state index in [0.717, 1.165) is 33.1 Å². The highest BCUT2D eigenvalue weighted by molar-refractivity contribution is 7.09. The summed E-state index contributed by atoms with van der Waals surface area (Å²) in [7, 11) is 0. The first-order valence-electron chi connectivity index (χ1n) is 10.3. The van der Waals surface area contributed by atoms with Gasteiger partial charge in [-0.25, -0.2) is 4.98 Å². The fourth-order valence-electron chi connectivity index (χ4n) is 3.62. The molecule has 0 fully saturated rings. The van der Waals surface area contributed by atoms with Crippen LogP contribution in [0.4, 0.5) is 11.4 Å². The minimum atomic E-state index is -0.603. The Hall–Kier alpha value is -3.19. The van der Waals surface area contributed by atoms with Crippen molar-refractivity contribution in [3.63, 3.8) is 0 Å². The molecule has 6 nitrogen and oxygen atoms in total. The smallest absolute Gasteiger partial charge is 0.268 e. The third kappa shape index (κ3) is 4.18. The zero-order valence-corrected chi connectivity index (χ0v) is 18.9. The predicted molar refractivity (Wildman–Crippen MR) is 124 cm³/mol. The Morgan fingerprint density at radius 3 is 2.74 bits per heavy atom. The summed E-state index contributed by atoms with van der Waals surface area (Å²) < 4.78 is 5.91. The van der Waals surface area contributed by atoms with Crippen molar-refractivity contribution in [1.82, 2.24) is 4.98 Å². The van der Waals surface area contributed by atoms with E-state index in [2.05, 4.69) is 10.3 Å². The van der Waals surface area contributed by atoms with E-state index in [1.807, 2.05) is 69.5 Å². The number of aryl methyl sites for hydroxylation is 2. The molecule has 1 N–H and O–H groups in total. The molecule has 3 aromatic rings. The number of carbonyl (C=O) groups excluding carboxylic acids is 2. The molecule has 0 aliphatic carbocycles. The largest absolute Gasteiger partial charge is 0.478 e. The summed E-state index contributed by atoms with van der Waals surface area (Å²) in [6.07, 6.45) is -0.0752. The van der Waals surface area contributed by atoms with Gasteiger partial charge in [-0.05, 0) is 62.6 Å². The normalized spacial score (nSPS) is 15.4. The summed E-state index contributed by atoms with van der Waals surface area (Å²) in [6, 6.07) is 11.4. The molecule has 0 saturated heterocycles. The first-order valence-corrected chi connectivity index (χ1v) is 11.2. The molecule has 1 unspecified atom stereocenters. The van der Waals surface area contributed by atoms with Crippen LogP contribution in [0.25, 0.3) is 11.3 Å². The number of aromatic nitrogens is 1. The van der Waals surface area contributed by atoms with Gasteiger partial charge in [0.25, 0.3) is 5.91 Å². The van der Waals surface area contributed by atoms with E-state index >= 15 is 0 Å². The molecule has 1 aromatic heterocycles. The minimum absolute atomic E-state index is 0.0847. The Bertz CT molecular complexity index is 1150. The SMILES string of the molecule is CCC1Oc2ccc(-c3csc(C)n3)cc2N(CC(=O)Nc2cccc(C)c2C)C1=O. The van der Waals surface area contributed by atoms with E-state index < -0.39 is 6.10 Å². The second-order valence-corrected chi connectivity index (χ2v) is 8.73. The third-order valence-electron chi connectivity index (χ3n) is 5.53. The van der Waals surface area contributed by atoms with Crippen LogP contribution in [0.1, 0.15) is 29.5 Å². The van der Waals surface area contributed by atoms with Gasteiger partial charge in [-0.15, -0.1) is 11.3 Å². The quantitative estimate of drug-likeness (QED) is 0.620. The molecule has 0 radical (unpaired) electrons. The van der Waals surface area contributed by atoms with Gasteiger partial charge in [-0.3, -0.25) is 14.5 Å². The van der Waals surface area contributed by atoms with E-state index in [9.17, 15) is 9.59 Å². The zero-order valence-electron chi connectivity index (χ0n) is 18.1. The van der Waals surface area contributed by atoms with Crippen molar-refractivity contribution >= 4 is 34.5 Å². The standard InChI is InChI=1S/C24H25N3O3S/c1-5-21-24(29)27(12-23(28)26-18-8-6-7-14(2)15(18)3)20-11-17(9-10-22(20)30-21)19-13-31-16(4)25-19/h6-11,13,21H,5,12H2,1-4H3,(H,26,28). The molecule has 1 atom stereocenters. The molecule has 0 saturated carbocycles. The fraction of sp³-hybridized carbons (Fsp3) is 0.292. The maximum Gasteiger partial charge on any atom is 0.268 e. The number of nitrogens with one attached hydrogen (secondary N) is 1. The van der Waals surface area contributed by atoms with Crippen molar-refractivity contribution < 1.29 is 14.3 Å². The van der Waals surface area contributed by atoms with Crippen molar-refractivity contribution in [3.05, 3.63) is 57.9 Å². The highest BCUT2D eigenvalue weighted by atomic mass is 32.1. The van der Waals surface area contributed by atoms with Crippen molar-refractivity contribution in [1.29, 1.82) is 0 Å². The summed E-state index contributed by atoms with van der Waals surface area (Å²) in [6.45, 7) is 7.73. The van der Waals surface area contributed by atoms with Gasteiger partial charge in [0.2, 0.25) is 5.91 Å². The van der Waals surface area contributed by atoms with Crippen molar-refractivity contribution in [2.45, 2.75) is 40.2 Å². The summed E-state index contributed by atoms with van der Waals surface area (Å²) in [4.78, 5) is 32.0. The van der Waals surface area contributed by atoms with Crippen molar-refractivity contribution in [2.75, 3.05) is 16.8 Å². The number of nitrogens with zero attached hydrogens (tertiary/aromatic N) is 2. The van der Waals surface area contributed by atoms with Gasteiger partial charge in [0.1, 0.15) is 12.3 Å². The van der Waals surface area contributed by atoms with Crippen molar-refractivity contribution in [3.8, 4) is 17.0 Å². The number of amides is 2. The molecule has 1 aliphatic rings. The van der Waals surface area contributed by atoms with E-state index in [1.165, 1.54) is 4.90 Å². The van der Waals surface area contributed by atoms with E-state index in [0.29, 0.717) is 17.9 Å². The lowest BCUT2D eigenvalue weighted by atomic mass is 10.1. The summed E-state index contributed by atoms with van der Waals surface area (Å²) in [5.74, 6) is 0.138. The molecule has 7 heteroatoms. The molecule has 4 rings (SSSR count). The lowest BCUT2D eigenvalue weighted by molar-refractivity contribution is -0.128. The number of benzene rings is 2. The second-order valence-electron chi connectivity index (χ2n) is 7.67. The summed E-state index contributed by atoms with van der Waals surface area (Å²) in [5.41, 5.74) is 5.18. The summed E-state index contributed by atoms with van der Waals surface area (Å²) in [5, 5.41) is 5.90. The van der Waals surface area contributed by atoms with Crippen LogP contribution < -0.4 is 15.0 Å². The Balaban J connectivity index is 1.65. The molecule has 0 bridgehead atoms. The number of fused-ring (bicyclic) bond motifs is 1. The predicted octanol–water partition coefficient (Wildman–Crippen LogP) is 4.88. The van der Waals surface area contributed by atoms with Crippen LogP contribution in [-0.2, 0) is 9.59 Å². The summed E-state index contributed by atoms with van der Waals surface area (Å²) >= 11 is 1.57. The Morgan fingerprint density at radius 1 is 1.23 bits per heavy atom. The molecule has 2 amide bonds. The molecule has 160 valence electrons. The van der Waals surface area contributed by atoms with Crippen LogP contribution in [0, 0.1) is 20.8 Å². The molecule has 2 heterocycles. The monoisotopic (exact) mass is 435 g/mol. The molecular formula is C24H25N3O3S. The number of hydrogen-bond donors (Lipinski definition) is 1. The van der Waals surface area contributed by atoms with Crippen LogP contribution >= 0.6 is 11.3 Å². The lowest BCUT2D eigenvalue weighted by Crippen LogP contribution is -2.48. The number of hydrogen-bond acceptors (Lipinski definition) is 5. The number of thiazole rings is 1. The van der Waals surface area contributed by atoms with Crippen LogP contribution in [0.3, 0.4) is 0 Å². The molecule has 31 heavy (non-hydrogen) atoms. The number of rotatable bonds is 5. The lowest BCUT2D eigenvalue weighted by Gasteiger charge is -2.34. The van der Waals surface area contributed by atoms with E-state index in [1.54, 1.807) is 11.3 Å². The average molecular weight is 436 g/mol. The zero-order chi connectivity index (χ0) is 22.1. The number of ether oxygens (including phenoxy) is 1. The van der Waals surface area contributed by atoms with Gasteiger partial charge in [0, 0.05) is 16.6 Å². The van der Waals surface area contributed by atoms with Gasteiger partial charge < -0.3 is 10.1 Å². The average Bonchev–Trinajstić information content (AvgIpc) is 3.19. The van der Waals surface area contributed by atoms with Gasteiger partial charge in [0.15, 0.2) is 6.10 Å². The van der Waals surface area contributed by atoms with E-state index in [-0.39, 0.29) is 18.4 Å². The molecule has 0 spiro atoms. The van der Waals surface area contributed by atoms with Gasteiger partial charge in [-0.1, -0.05) is 19.1 Å². The Morgan fingerprint density at radius 2 is 2.03 bits per heavy atom. The molecular weight excluding hydrogens is 410 g/mol. The number of carbonyl (C=O) groups is 2. The maximum absolute atomic E-state index is 13.1. The van der Waals surface area contributed by atoms with E-state index in [4.69, 9.17) is 4.74 Å². The van der Waals surface area contributed by atoms with Crippen molar-refractivity contribution in [2.24, 2.45) is 0 Å². The highest BCUT2D eigenvalue weighted by Crippen LogP contribution is 2.38. The minimum Gasteiger partial charge on any atom is -0.478 e. The molecule has 2 aromatic carbocycles. The van der Waals surface area contributed by atoms with Crippen LogP contribution in [0.5, 0.6) is 5.75 Å². The highest BCUT2D eigenvalue weighted by Gasteiger charge is 2.34. The van der Waals surface area contributed by atoms with Crippen LogP contribution in [0.15, 0.2) is 41.8 Å². The number of anilines is 2. The first-order chi connectivity index (χ1) is 14.9. The first kappa shape index (κ1) is 21.1. The third-order valence-corrected chi connectivity index (χ3v) is 6.30. The van der Waals surface area contributed by atoms with Gasteiger partial charge in [0.05, 0.1) is 16.4 Å². The second kappa shape index (κ2) is 8.51. The van der Waals surface area contributed by atoms with Crippen LogP contribution in [-0.4, -0.2) is 29.4 Å². The maximum atomic E-state index is 13.1. The topological polar surface area (TPSA) is 71.5 Å². The Kier molecular flexibility index (Phi) is 5.78. The molecule has 1 aliphatic heterocycles. The van der Waals surface area contributed by atoms with Gasteiger partial charge >= 0.3 is 0 Å². The Labute approximate surface area is 185 Å².